The summed E-state index contributed by atoms with van der Waals surface area (Å²) in [6.45, 7) is 0. The second-order valence-electron chi connectivity index (χ2n) is 6.53. The van der Waals surface area contributed by atoms with Crippen molar-refractivity contribution in [3.05, 3.63) is 97.1 Å². The molecule has 0 radical (unpaired) electrons. The van der Waals surface area contributed by atoms with E-state index in [1.807, 2.05) is 23.5 Å². The summed E-state index contributed by atoms with van der Waals surface area (Å²) in [4.78, 5) is 9.30. The minimum atomic E-state index is -0.177. The van der Waals surface area contributed by atoms with Gasteiger partial charge in [0.1, 0.15) is 16.6 Å². The molecular weight excluding hydrogens is 412 g/mol. The molecule has 4 heteroatoms. The Hall–Kier alpha value is -2.27. The highest BCUT2D eigenvalue weighted by Gasteiger charge is 2.39. The van der Waals surface area contributed by atoms with Crippen LogP contribution in [0.5, 0.6) is 5.75 Å². The van der Waals surface area contributed by atoms with Crippen molar-refractivity contribution in [3.63, 3.8) is 0 Å². The largest absolute Gasteiger partial charge is 0.497 e. The van der Waals surface area contributed by atoms with Gasteiger partial charge >= 0.3 is 0 Å². The first-order valence-electron chi connectivity index (χ1n) is 9.34. The maximum Gasteiger partial charge on any atom is 0.184 e. The van der Waals surface area contributed by atoms with Crippen LogP contribution < -0.4 is 4.74 Å². The zero-order chi connectivity index (χ0) is 19.6. The number of ether oxygens (including phenoxy) is 1. The Morgan fingerprint density at radius 1 is 0.690 bits per heavy atom. The second-order valence-corrected chi connectivity index (χ2v) is 10.7. The molecule has 1 nitrogen and oxygen atoms in total. The van der Waals surface area contributed by atoms with Gasteiger partial charge in [0.15, 0.2) is 14.7 Å². The van der Waals surface area contributed by atoms with E-state index < -0.39 is 0 Å². The van der Waals surface area contributed by atoms with Gasteiger partial charge in [0.25, 0.3) is 0 Å². The lowest BCUT2D eigenvalue weighted by molar-refractivity contribution is 0.413. The molecule has 1 aliphatic heterocycles. The van der Waals surface area contributed by atoms with Gasteiger partial charge in [-0.1, -0.05) is 66.0 Å². The van der Waals surface area contributed by atoms with Crippen LogP contribution in [-0.2, 0) is 10.9 Å². The van der Waals surface area contributed by atoms with Gasteiger partial charge in [0, 0.05) is 11.0 Å². The Balaban J connectivity index is 1.71. The summed E-state index contributed by atoms with van der Waals surface area (Å²) in [5.41, 5.74) is 0. The van der Waals surface area contributed by atoms with Crippen molar-refractivity contribution in [1.29, 1.82) is 0 Å². The summed E-state index contributed by atoms with van der Waals surface area (Å²) in [7, 11) is 1.56. The van der Waals surface area contributed by atoms with Crippen LogP contribution >= 0.6 is 23.5 Å². The van der Waals surface area contributed by atoms with E-state index in [0.717, 1.165) is 5.75 Å². The van der Waals surface area contributed by atoms with Gasteiger partial charge in [-0.2, -0.15) is 0 Å². The summed E-state index contributed by atoms with van der Waals surface area (Å²) in [5.74, 6) is 0.901. The van der Waals surface area contributed by atoms with Crippen LogP contribution in [-0.4, -0.2) is 7.11 Å². The van der Waals surface area contributed by atoms with Crippen LogP contribution in [0.1, 0.15) is 0 Å². The van der Waals surface area contributed by atoms with Gasteiger partial charge in [0.05, 0.1) is 21.8 Å². The van der Waals surface area contributed by atoms with Crippen molar-refractivity contribution in [2.75, 3.05) is 7.11 Å². The zero-order valence-electron chi connectivity index (χ0n) is 15.9. The first-order valence-corrected chi connectivity index (χ1v) is 12.2. The van der Waals surface area contributed by atoms with Crippen LogP contribution in [0.3, 0.4) is 0 Å². The number of hydrogen-bond acceptors (Lipinski definition) is 3. The van der Waals surface area contributed by atoms with Gasteiger partial charge < -0.3 is 4.74 Å². The fourth-order valence-corrected chi connectivity index (χ4v) is 8.37. The van der Waals surface area contributed by atoms with E-state index in [4.69, 9.17) is 4.74 Å². The molecule has 0 saturated heterocycles. The molecule has 0 atom stereocenters. The van der Waals surface area contributed by atoms with E-state index in [0.29, 0.717) is 0 Å². The minimum Gasteiger partial charge on any atom is -0.497 e. The highest BCUT2D eigenvalue weighted by Crippen LogP contribution is 2.50. The lowest BCUT2D eigenvalue weighted by Crippen LogP contribution is -2.12. The van der Waals surface area contributed by atoms with Crippen molar-refractivity contribution >= 4 is 34.4 Å². The highest BCUT2D eigenvalue weighted by molar-refractivity contribution is 8.04. The van der Waals surface area contributed by atoms with E-state index in [1.54, 1.807) is 7.11 Å². The molecular formula is C25H19OS3+. The summed E-state index contributed by atoms with van der Waals surface area (Å²) in [6.07, 6.45) is 0. The average molecular weight is 432 g/mol. The predicted octanol–water partition coefficient (Wildman–Crippen LogP) is 7.41. The number of methoxy groups -OCH3 is 1. The topological polar surface area (TPSA) is 9.23 Å². The Morgan fingerprint density at radius 3 is 1.97 bits per heavy atom. The molecule has 29 heavy (non-hydrogen) atoms. The van der Waals surface area contributed by atoms with Gasteiger partial charge in [-0.3, -0.25) is 0 Å². The van der Waals surface area contributed by atoms with Crippen molar-refractivity contribution in [3.8, 4) is 5.75 Å². The van der Waals surface area contributed by atoms with Crippen LogP contribution in [0.15, 0.2) is 131 Å². The fourth-order valence-electron chi connectivity index (χ4n) is 3.35. The summed E-state index contributed by atoms with van der Waals surface area (Å²) in [6, 6.07) is 34.7. The molecule has 1 aliphatic rings. The molecule has 1 heterocycles. The number of hydrogen-bond donors (Lipinski definition) is 0. The van der Waals surface area contributed by atoms with Crippen LogP contribution in [0.2, 0.25) is 0 Å². The predicted molar refractivity (Wildman–Crippen MR) is 123 cm³/mol. The Kier molecular flexibility index (Phi) is 5.32. The number of rotatable bonds is 4. The smallest absolute Gasteiger partial charge is 0.184 e. The monoisotopic (exact) mass is 431 g/mol. The lowest BCUT2D eigenvalue weighted by Gasteiger charge is -2.20. The molecule has 0 bridgehead atoms. The van der Waals surface area contributed by atoms with Gasteiger partial charge in [-0.05, 0) is 48.5 Å². The third-order valence-electron chi connectivity index (χ3n) is 4.70. The van der Waals surface area contributed by atoms with Crippen molar-refractivity contribution in [1.82, 2.24) is 0 Å². The molecule has 0 fully saturated rings. The van der Waals surface area contributed by atoms with Gasteiger partial charge in [0.2, 0.25) is 0 Å². The molecule has 4 aromatic rings. The third kappa shape index (κ3) is 3.68. The van der Waals surface area contributed by atoms with E-state index in [2.05, 4.69) is 97.1 Å². The molecule has 0 aromatic heterocycles. The SMILES string of the molecule is COc1ccc(Sc2ccccc2)c([S+]2c3ccccc3Sc3ccccc32)c1. The number of benzene rings is 4. The zero-order valence-corrected chi connectivity index (χ0v) is 18.3. The van der Waals surface area contributed by atoms with E-state index >= 15 is 0 Å². The van der Waals surface area contributed by atoms with Crippen LogP contribution in [0.25, 0.3) is 0 Å². The number of fused-ring (bicyclic) bond motifs is 2. The Morgan fingerprint density at radius 2 is 1.31 bits per heavy atom. The lowest BCUT2D eigenvalue weighted by atomic mass is 10.3. The minimum absolute atomic E-state index is 0.177. The first kappa shape index (κ1) is 18.7. The maximum absolute atomic E-state index is 5.62. The quantitative estimate of drug-likeness (QED) is 0.274. The molecule has 0 N–H and O–H groups in total. The molecule has 0 saturated carbocycles. The van der Waals surface area contributed by atoms with Crippen molar-refractivity contribution in [2.24, 2.45) is 0 Å². The highest BCUT2D eigenvalue weighted by atomic mass is 32.2. The second kappa shape index (κ2) is 8.23. The Labute approximate surface area is 182 Å². The maximum atomic E-state index is 5.62. The molecule has 4 aromatic carbocycles. The van der Waals surface area contributed by atoms with Gasteiger partial charge in [-0.15, -0.1) is 0 Å². The van der Waals surface area contributed by atoms with E-state index in [1.165, 1.54) is 34.3 Å². The molecule has 0 spiro atoms. The molecule has 0 aliphatic carbocycles. The summed E-state index contributed by atoms with van der Waals surface area (Å²) < 4.78 is 5.62. The van der Waals surface area contributed by atoms with Crippen molar-refractivity contribution < 1.29 is 4.74 Å². The standard InChI is InChI=1S/C25H19OS3/c1-26-18-15-16-22(27-19-9-3-2-4-10-19)25(17-18)29-23-13-7-5-11-20(23)28-21-12-6-8-14-24(21)29/h2-17H,1H3/q+1. The normalized spacial score (nSPS) is 12.9. The van der Waals surface area contributed by atoms with Crippen LogP contribution in [0, 0.1) is 0 Å². The third-order valence-corrected chi connectivity index (χ3v) is 9.69. The Bertz CT molecular complexity index is 1110. The van der Waals surface area contributed by atoms with Crippen LogP contribution in [0.4, 0.5) is 0 Å². The van der Waals surface area contributed by atoms with Crippen molar-refractivity contribution in [2.45, 2.75) is 34.3 Å². The molecule has 5 rings (SSSR count). The molecule has 0 unspecified atom stereocenters. The van der Waals surface area contributed by atoms with Gasteiger partial charge in [-0.25, -0.2) is 0 Å². The molecule has 0 amide bonds. The van der Waals surface area contributed by atoms with E-state index in [-0.39, 0.29) is 10.9 Å². The fraction of sp³-hybridized carbons (Fsp3) is 0.0400. The summed E-state index contributed by atoms with van der Waals surface area (Å²) in [5, 5.41) is 0. The molecule has 142 valence electrons. The summed E-state index contributed by atoms with van der Waals surface area (Å²) >= 11 is 3.69. The van der Waals surface area contributed by atoms with E-state index in [9.17, 15) is 0 Å². The first-order chi connectivity index (χ1) is 14.3. The average Bonchev–Trinajstić information content (AvgIpc) is 2.78.